The second kappa shape index (κ2) is 4.37. The number of aryl methyl sites for hydroxylation is 1. The quantitative estimate of drug-likeness (QED) is 0.771. The number of hydrogen-bond acceptors (Lipinski definition) is 3. The summed E-state index contributed by atoms with van der Waals surface area (Å²) in [6.07, 6.45) is 0.507. The number of carbonyl (C=O) groups is 2. The number of halogens is 1. The van der Waals surface area contributed by atoms with Crippen LogP contribution in [0.25, 0.3) is 0 Å². The van der Waals surface area contributed by atoms with Crippen molar-refractivity contribution >= 4 is 23.5 Å². The lowest BCUT2D eigenvalue weighted by atomic mass is 10.0. The first-order valence-electron chi connectivity index (χ1n) is 5.16. The van der Waals surface area contributed by atoms with Gasteiger partial charge in [-0.3, -0.25) is 9.48 Å². The summed E-state index contributed by atoms with van der Waals surface area (Å²) in [5.41, 5.74) is 1.58. The van der Waals surface area contributed by atoms with Gasteiger partial charge in [0.1, 0.15) is 5.88 Å². The molecule has 2 rings (SSSR count). The maximum atomic E-state index is 11.5. The minimum atomic E-state index is -1.03. The van der Waals surface area contributed by atoms with E-state index in [9.17, 15) is 9.59 Å². The number of fused-ring (bicyclic) bond motifs is 1. The second-order valence-electron chi connectivity index (χ2n) is 3.90. The number of hydrogen-bond donors (Lipinski definition) is 1. The largest absolute Gasteiger partial charge is 0.476 e. The Bertz CT molecular complexity index is 483. The molecule has 1 aliphatic heterocycles. The zero-order chi connectivity index (χ0) is 12.6. The average Bonchev–Trinajstić information content (AvgIpc) is 2.65. The van der Waals surface area contributed by atoms with E-state index in [1.165, 1.54) is 4.68 Å². The predicted octanol–water partition coefficient (Wildman–Crippen LogP) is 0.242. The fraction of sp³-hybridized carbons (Fsp3) is 0.500. The Morgan fingerprint density at radius 3 is 2.82 bits per heavy atom. The number of aromatic carboxylic acids is 1. The molecule has 0 bridgehead atoms. The lowest BCUT2D eigenvalue weighted by Gasteiger charge is -2.26. The van der Waals surface area contributed by atoms with Gasteiger partial charge in [0.15, 0.2) is 5.69 Å². The van der Waals surface area contributed by atoms with E-state index in [-0.39, 0.29) is 17.5 Å². The lowest BCUT2D eigenvalue weighted by Crippen LogP contribution is -2.37. The molecular weight excluding hydrogens is 246 g/mol. The van der Waals surface area contributed by atoms with Gasteiger partial charge in [0.2, 0.25) is 5.91 Å². The fourth-order valence-electron chi connectivity index (χ4n) is 2.04. The average molecular weight is 258 g/mol. The van der Waals surface area contributed by atoms with Gasteiger partial charge in [0.25, 0.3) is 0 Å². The second-order valence-corrected chi connectivity index (χ2v) is 4.17. The van der Waals surface area contributed by atoms with Crippen molar-refractivity contribution in [1.82, 2.24) is 14.7 Å². The van der Waals surface area contributed by atoms with E-state index in [2.05, 4.69) is 5.10 Å². The summed E-state index contributed by atoms with van der Waals surface area (Å²) >= 11 is 5.50. The van der Waals surface area contributed by atoms with E-state index in [0.29, 0.717) is 19.5 Å². The smallest absolute Gasteiger partial charge is 0.356 e. The first-order valence-corrected chi connectivity index (χ1v) is 5.69. The van der Waals surface area contributed by atoms with E-state index in [4.69, 9.17) is 16.7 Å². The van der Waals surface area contributed by atoms with Gasteiger partial charge in [-0.15, -0.1) is 11.6 Å². The number of carboxylic acids is 1. The third-order valence-electron chi connectivity index (χ3n) is 2.92. The van der Waals surface area contributed by atoms with Crippen LogP contribution in [-0.4, -0.2) is 44.1 Å². The van der Waals surface area contributed by atoms with Crippen LogP contribution < -0.4 is 0 Å². The molecule has 0 saturated carbocycles. The molecule has 0 unspecified atom stereocenters. The van der Waals surface area contributed by atoms with Crippen molar-refractivity contribution in [3.63, 3.8) is 0 Å². The highest BCUT2D eigenvalue weighted by atomic mass is 35.5. The highest BCUT2D eigenvalue weighted by molar-refractivity contribution is 6.27. The molecule has 92 valence electrons. The van der Waals surface area contributed by atoms with Crippen molar-refractivity contribution < 1.29 is 14.7 Å². The number of rotatable bonds is 2. The molecule has 1 N–H and O–H groups in total. The van der Waals surface area contributed by atoms with Crippen LogP contribution in [0.3, 0.4) is 0 Å². The maximum Gasteiger partial charge on any atom is 0.356 e. The van der Waals surface area contributed by atoms with Crippen molar-refractivity contribution in [2.45, 2.75) is 13.0 Å². The first-order chi connectivity index (χ1) is 8.04. The van der Waals surface area contributed by atoms with Crippen LogP contribution in [0, 0.1) is 0 Å². The summed E-state index contributed by atoms with van der Waals surface area (Å²) < 4.78 is 1.52. The van der Waals surface area contributed by atoms with Crippen LogP contribution in [0.4, 0.5) is 0 Å². The van der Waals surface area contributed by atoms with E-state index in [1.54, 1.807) is 11.9 Å². The van der Waals surface area contributed by atoms with Crippen LogP contribution in [0.5, 0.6) is 0 Å². The Morgan fingerprint density at radius 1 is 1.53 bits per heavy atom. The van der Waals surface area contributed by atoms with Crippen molar-refractivity contribution in [2.75, 3.05) is 12.4 Å². The molecule has 17 heavy (non-hydrogen) atoms. The molecule has 1 aromatic heterocycles. The molecule has 6 nitrogen and oxygen atoms in total. The molecule has 0 radical (unpaired) electrons. The van der Waals surface area contributed by atoms with Gasteiger partial charge in [-0.05, 0) is 6.42 Å². The minimum Gasteiger partial charge on any atom is -0.476 e. The highest BCUT2D eigenvalue weighted by Crippen LogP contribution is 2.22. The van der Waals surface area contributed by atoms with Crippen LogP contribution in [0.15, 0.2) is 0 Å². The van der Waals surface area contributed by atoms with Gasteiger partial charge in [0, 0.05) is 19.2 Å². The molecular formula is C10H12ClN3O3. The highest BCUT2D eigenvalue weighted by Gasteiger charge is 2.28. The maximum absolute atomic E-state index is 11.5. The molecule has 0 aromatic carbocycles. The summed E-state index contributed by atoms with van der Waals surface area (Å²) in [6.45, 7) is 0.863. The predicted molar refractivity (Wildman–Crippen MR) is 60.0 cm³/mol. The van der Waals surface area contributed by atoms with Gasteiger partial charge >= 0.3 is 5.97 Å². The van der Waals surface area contributed by atoms with E-state index in [1.807, 2.05) is 0 Å². The lowest BCUT2D eigenvalue weighted by molar-refractivity contribution is -0.129. The summed E-state index contributed by atoms with van der Waals surface area (Å²) in [7, 11) is 1.68. The summed E-state index contributed by atoms with van der Waals surface area (Å²) in [4.78, 5) is 24.1. The number of amides is 1. The molecule has 0 saturated heterocycles. The summed E-state index contributed by atoms with van der Waals surface area (Å²) in [5, 5.41) is 13.0. The van der Waals surface area contributed by atoms with Crippen LogP contribution in [0.1, 0.15) is 21.7 Å². The zero-order valence-corrected chi connectivity index (χ0v) is 10.1. The Hall–Kier alpha value is -1.56. The first kappa shape index (κ1) is 11.9. The van der Waals surface area contributed by atoms with E-state index < -0.39 is 5.97 Å². The Balaban J connectivity index is 2.33. The molecule has 0 atom stereocenters. The van der Waals surface area contributed by atoms with Crippen molar-refractivity contribution in [2.24, 2.45) is 7.05 Å². The van der Waals surface area contributed by atoms with Crippen molar-refractivity contribution in [3.05, 3.63) is 17.0 Å². The zero-order valence-electron chi connectivity index (χ0n) is 9.31. The standard InChI is InChI=1S/C10H12ClN3O3/c1-13-7-5-14(8(15)4-11)3-2-6(7)9(12-13)10(16)17/h2-5H2,1H3,(H,16,17). The SMILES string of the molecule is Cn1nc(C(=O)O)c2c1CN(C(=O)CCl)CC2. The Morgan fingerprint density at radius 2 is 2.24 bits per heavy atom. The molecule has 0 aliphatic carbocycles. The Kier molecular flexibility index (Phi) is 3.06. The molecule has 0 fully saturated rings. The third kappa shape index (κ3) is 2.00. The molecule has 2 heterocycles. The Labute approximate surface area is 103 Å². The molecule has 7 heteroatoms. The number of aromatic nitrogens is 2. The molecule has 0 spiro atoms. The van der Waals surface area contributed by atoms with Gasteiger partial charge in [-0.1, -0.05) is 0 Å². The number of nitrogens with zero attached hydrogens (tertiary/aromatic N) is 3. The summed E-state index contributed by atoms with van der Waals surface area (Å²) in [6, 6.07) is 0. The van der Waals surface area contributed by atoms with Crippen LogP contribution in [-0.2, 0) is 24.8 Å². The third-order valence-corrected chi connectivity index (χ3v) is 3.15. The molecule has 1 aliphatic rings. The number of carboxylic acid groups (broad SMARTS) is 1. The normalized spacial score (nSPS) is 14.6. The topological polar surface area (TPSA) is 75.4 Å². The van der Waals surface area contributed by atoms with Gasteiger partial charge in [-0.2, -0.15) is 5.10 Å². The van der Waals surface area contributed by atoms with Gasteiger partial charge < -0.3 is 10.0 Å². The molecule has 1 amide bonds. The van der Waals surface area contributed by atoms with Crippen molar-refractivity contribution in [3.8, 4) is 0 Å². The number of alkyl halides is 1. The number of carbonyl (C=O) groups excluding carboxylic acids is 1. The van der Waals surface area contributed by atoms with Gasteiger partial charge in [0.05, 0.1) is 12.2 Å². The van der Waals surface area contributed by atoms with Crippen LogP contribution >= 0.6 is 11.6 Å². The van der Waals surface area contributed by atoms with Crippen LogP contribution in [0.2, 0.25) is 0 Å². The fourth-order valence-corrected chi connectivity index (χ4v) is 2.21. The molecule has 1 aromatic rings. The monoisotopic (exact) mass is 257 g/mol. The summed E-state index contributed by atoms with van der Waals surface area (Å²) in [5.74, 6) is -1.23. The van der Waals surface area contributed by atoms with E-state index in [0.717, 1.165) is 11.3 Å². The van der Waals surface area contributed by atoms with Crippen molar-refractivity contribution in [1.29, 1.82) is 0 Å². The van der Waals surface area contributed by atoms with Gasteiger partial charge in [-0.25, -0.2) is 4.79 Å². The van der Waals surface area contributed by atoms with E-state index >= 15 is 0 Å². The minimum absolute atomic E-state index is 0.0566.